The van der Waals surface area contributed by atoms with Crippen molar-refractivity contribution < 1.29 is 0 Å². The summed E-state index contributed by atoms with van der Waals surface area (Å²) in [4.78, 5) is 2.06. The van der Waals surface area contributed by atoms with Gasteiger partial charge in [0.05, 0.1) is 12.6 Å². The molecule has 10 heavy (non-hydrogen) atoms. The van der Waals surface area contributed by atoms with Gasteiger partial charge in [-0.25, -0.2) is 0 Å². The van der Waals surface area contributed by atoms with Crippen molar-refractivity contribution in [2.75, 3.05) is 26.2 Å². The van der Waals surface area contributed by atoms with Crippen molar-refractivity contribution in [2.45, 2.75) is 13.3 Å². The van der Waals surface area contributed by atoms with Crippen molar-refractivity contribution in [3.05, 3.63) is 0 Å². The van der Waals surface area contributed by atoms with Crippen LogP contribution in [0.3, 0.4) is 0 Å². The molecule has 0 saturated carbocycles. The van der Waals surface area contributed by atoms with E-state index in [0.717, 1.165) is 19.5 Å². The fraction of sp³-hybridized carbons (Fsp3) is 0.857. The summed E-state index contributed by atoms with van der Waals surface area (Å²) >= 11 is 0. The zero-order valence-corrected chi connectivity index (χ0v) is 6.51. The molecule has 58 valence electrons. The second kappa shape index (κ2) is 6.53. The van der Waals surface area contributed by atoms with E-state index < -0.39 is 0 Å². The van der Waals surface area contributed by atoms with Crippen LogP contribution >= 0.6 is 0 Å². The summed E-state index contributed by atoms with van der Waals surface area (Å²) in [5.41, 5.74) is 5.34. The molecule has 0 unspecified atom stereocenters. The highest BCUT2D eigenvalue weighted by Gasteiger charge is 1.98. The number of hydrogen-bond donors (Lipinski definition) is 1. The van der Waals surface area contributed by atoms with Crippen LogP contribution in [0.4, 0.5) is 0 Å². The van der Waals surface area contributed by atoms with E-state index >= 15 is 0 Å². The molecule has 0 heterocycles. The highest BCUT2D eigenvalue weighted by Crippen LogP contribution is 1.87. The van der Waals surface area contributed by atoms with Crippen LogP contribution in [0.2, 0.25) is 0 Å². The lowest BCUT2D eigenvalue weighted by Crippen LogP contribution is -2.30. The Labute approximate surface area is 62.4 Å². The first-order valence-electron chi connectivity index (χ1n) is 3.64. The SMILES string of the molecule is CCCN(CC#N)CCN. The molecule has 2 N–H and O–H groups in total. The van der Waals surface area contributed by atoms with E-state index in [4.69, 9.17) is 11.0 Å². The van der Waals surface area contributed by atoms with Gasteiger partial charge in [0.25, 0.3) is 0 Å². The fourth-order valence-electron chi connectivity index (χ4n) is 0.869. The zero-order valence-electron chi connectivity index (χ0n) is 6.51. The first-order valence-corrected chi connectivity index (χ1v) is 3.64. The highest BCUT2D eigenvalue weighted by atomic mass is 15.1. The van der Waals surface area contributed by atoms with Crippen molar-refractivity contribution in [2.24, 2.45) is 5.73 Å². The van der Waals surface area contributed by atoms with E-state index in [1.54, 1.807) is 0 Å². The van der Waals surface area contributed by atoms with Crippen LogP contribution in [0, 0.1) is 11.3 Å². The maximum atomic E-state index is 8.36. The average Bonchev–Trinajstić information content (AvgIpc) is 1.90. The third-order valence-electron chi connectivity index (χ3n) is 1.28. The Morgan fingerprint density at radius 3 is 2.60 bits per heavy atom. The lowest BCUT2D eigenvalue weighted by Gasteiger charge is -2.15. The summed E-state index contributed by atoms with van der Waals surface area (Å²) < 4.78 is 0. The molecule has 0 bridgehead atoms. The summed E-state index contributed by atoms with van der Waals surface area (Å²) in [6.45, 7) is 5.06. The topological polar surface area (TPSA) is 53.0 Å². The summed E-state index contributed by atoms with van der Waals surface area (Å²) in [5, 5.41) is 8.36. The number of nitrogens with two attached hydrogens (primary N) is 1. The number of nitriles is 1. The average molecular weight is 141 g/mol. The third kappa shape index (κ3) is 4.30. The Bertz CT molecular complexity index is 99.9. The molecule has 0 aliphatic heterocycles. The molecule has 0 atom stereocenters. The summed E-state index contributed by atoms with van der Waals surface area (Å²) in [5.74, 6) is 0. The van der Waals surface area contributed by atoms with Crippen molar-refractivity contribution in [3.63, 3.8) is 0 Å². The van der Waals surface area contributed by atoms with Gasteiger partial charge >= 0.3 is 0 Å². The van der Waals surface area contributed by atoms with E-state index in [0.29, 0.717) is 13.1 Å². The monoisotopic (exact) mass is 141 g/mol. The van der Waals surface area contributed by atoms with Crippen molar-refractivity contribution in [1.82, 2.24) is 4.90 Å². The van der Waals surface area contributed by atoms with Crippen molar-refractivity contribution in [3.8, 4) is 6.07 Å². The molecule has 0 aromatic heterocycles. The smallest absolute Gasteiger partial charge is 0.0866 e. The van der Waals surface area contributed by atoms with Crippen LogP contribution in [-0.2, 0) is 0 Å². The lowest BCUT2D eigenvalue weighted by atomic mass is 10.4. The minimum Gasteiger partial charge on any atom is -0.329 e. The molecule has 0 spiro atoms. The van der Waals surface area contributed by atoms with Crippen molar-refractivity contribution in [1.29, 1.82) is 5.26 Å². The minimum atomic E-state index is 0.505. The summed E-state index contributed by atoms with van der Waals surface area (Å²) in [6.07, 6.45) is 1.08. The first-order chi connectivity index (χ1) is 4.85. The van der Waals surface area contributed by atoms with Gasteiger partial charge in [-0.05, 0) is 13.0 Å². The Morgan fingerprint density at radius 2 is 2.20 bits per heavy atom. The Hall–Kier alpha value is -0.590. The normalized spacial score (nSPS) is 9.80. The molecule has 0 radical (unpaired) electrons. The number of rotatable bonds is 5. The predicted octanol–water partition coefficient (Wildman–Crippen LogP) is 0.181. The molecule has 0 aliphatic rings. The highest BCUT2D eigenvalue weighted by molar-refractivity contribution is 4.76. The largest absolute Gasteiger partial charge is 0.329 e. The minimum absolute atomic E-state index is 0.505. The summed E-state index contributed by atoms with van der Waals surface area (Å²) in [6, 6.07) is 2.11. The second-order valence-electron chi connectivity index (χ2n) is 2.22. The molecule has 0 fully saturated rings. The molecule has 3 nitrogen and oxygen atoms in total. The van der Waals surface area contributed by atoms with Crippen LogP contribution in [0.25, 0.3) is 0 Å². The molecular weight excluding hydrogens is 126 g/mol. The van der Waals surface area contributed by atoms with E-state index in [1.165, 1.54) is 0 Å². The molecule has 0 aromatic carbocycles. The Morgan fingerprint density at radius 1 is 1.50 bits per heavy atom. The molecular formula is C7H15N3. The van der Waals surface area contributed by atoms with Gasteiger partial charge in [0.15, 0.2) is 0 Å². The molecule has 0 aromatic rings. The molecule has 0 saturated heterocycles. The lowest BCUT2D eigenvalue weighted by molar-refractivity contribution is 0.315. The number of nitrogens with zero attached hydrogens (tertiary/aromatic N) is 2. The predicted molar refractivity (Wildman–Crippen MR) is 41.4 cm³/mol. The van der Waals surface area contributed by atoms with Gasteiger partial charge in [0, 0.05) is 13.1 Å². The van der Waals surface area contributed by atoms with E-state index in [9.17, 15) is 0 Å². The third-order valence-corrected chi connectivity index (χ3v) is 1.28. The van der Waals surface area contributed by atoms with Crippen LogP contribution in [0.5, 0.6) is 0 Å². The number of hydrogen-bond acceptors (Lipinski definition) is 3. The van der Waals surface area contributed by atoms with Gasteiger partial charge in [-0.15, -0.1) is 0 Å². The molecule has 0 rings (SSSR count). The maximum absolute atomic E-state index is 8.36. The van der Waals surface area contributed by atoms with Gasteiger partial charge < -0.3 is 5.73 Å². The van der Waals surface area contributed by atoms with Crippen LogP contribution in [0.15, 0.2) is 0 Å². The van der Waals surface area contributed by atoms with Gasteiger partial charge in [0.2, 0.25) is 0 Å². The van der Waals surface area contributed by atoms with E-state index in [2.05, 4.69) is 17.9 Å². The van der Waals surface area contributed by atoms with Crippen LogP contribution in [0.1, 0.15) is 13.3 Å². The van der Waals surface area contributed by atoms with Gasteiger partial charge in [0.1, 0.15) is 0 Å². The maximum Gasteiger partial charge on any atom is 0.0866 e. The van der Waals surface area contributed by atoms with E-state index in [1.807, 2.05) is 0 Å². The second-order valence-corrected chi connectivity index (χ2v) is 2.22. The molecule has 0 amide bonds. The zero-order chi connectivity index (χ0) is 7.82. The first kappa shape index (κ1) is 9.41. The standard InChI is InChI=1S/C7H15N3/c1-2-5-10(6-3-8)7-4-9/h2-3,5-8H2,1H3. The van der Waals surface area contributed by atoms with Crippen LogP contribution < -0.4 is 5.73 Å². The van der Waals surface area contributed by atoms with Gasteiger partial charge in [-0.3, -0.25) is 4.90 Å². The summed E-state index contributed by atoms with van der Waals surface area (Å²) in [7, 11) is 0. The fourth-order valence-corrected chi connectivity index (χ4v) is 0.869. The van der Waals surface area contributed by atoms with Gasteiger partial charge in [-0.1, -0.05) is 6.92 Å². The molecule has 0 aliphatic carbocycles. The van der Waals surface area contributed by atoms with Crippen LogP contribution in [-0.4, -0.2) is 31.1 Å². The Balaban J connectivity index is 3.42. The Kier molecular flexibility index (Phi) is 6.14. The quantitative estimate of drug-likeness (QED) is 0.556. The van der Waals surface area contributed by atoms with Crippen molar-refractivity contribution >= 4 is 0 Å². The molecule has 3 heteroatoms. The van der Waals surface area contributed by atoms with E-state index in [-0.39, 0.29) is 0 Å². The van der Waals surface area contributed by atoms with Gasteiger partial charge in [-0.2, -0.15) is 5.26 Å².